The number of amides is 1. The number of nitrogens with one attached hydrogen (secondary N) is 1. The Bertz CT molecular complexity index is 860. The van der Waals surface area contributed by atoms with E-state index in [0.29, 0.717) is 28.5 Å². The molecule has 0 aliphatic carbocycles. The highest BCUT2D eigenvalue weighted by atomic mass is 32.1. The quantitative estimate of drug-likeness (QED) is 0.618. The van der Waals surface area contributed by atoms with Gasteiger partial charge in [-0.1, -0.05) is 29.5 Å². The predicted octanol–water partition coefficient (Wildman–Crippen LogP) is 3.78. The number of para-hydroxylation sites is 1. The van der Waals surface area contributed by atoms with Crippen LogP contribution in [0.2, 0.25) is 0 Å². The predicted molar refractivity (Wildman–Crippen MR) is 93.1 cm³/mol. The molecule has 8 heteroatoms. The van der Waals surface area contributed by atoms with Crippen molar-refractivity contribution in [2.75, 3.05) is 12.4 Å². The lowest BCUT2D eigenvalue weighted by molar-refractivity contribution is 0.181. The summed E-state index contributed by atoms with van der Waals surface area (Å²) in [5, 5.41) is 22.0. The third-order valence-corrected chi connectivity index (χ3v) is 4.60. The topological polar surface area (TPSA) is 105 Å². The molecule has 0 bridgehead atoms. The van der Waals surface area contributed by atoms with Gasteiger partial charge < -0.3 is 19.4 Å². The molecule has 1 aromatic carbocycles. The zero-order chi connectivity index (χ0) is 17.8. The number of carboxylic acid groups (broad SMARTS) is 1. The molecule has 0 spiro atoms. The van der Waals surface area contributed by atoms with Crippen LogP contribution in [-0.2, 0) is 6.42 Å². The highest BCUT2D eigenvalue weighted by Gasteiger charge is 2.23. The van der Waals surface area contributed by atoms with Crippen molar-refractivity contribution in [1.82, 2.24) is 4.98 Å². The van der Waals surface area contributed by atoms with Crippen molar-refractivity contribution in [2.24, 2.45) is 0 Å². The van der Waals surface area contributed by atoms with Gasteiger partial charge in [0.1, 0.15) is 11.4 Å². The van der Waals surface area contributed by atoms with Crippen LogP contribution in [0, 0.1) is 0 Å². The first-order valence-corrected chi connectivity index (χ1v) is 8.24. The lowest BCUT2D eigenvalue weighted by Crippen LogP contribution is -2.06. The molecule has 7 nitrogen and oxygen atoms in total. The Morgan fingerprint density at radius 3 is 2.84 bits per heavy atom. The van der Waals surface area contributed by atoms with Crippen LogP contribution in [0.5, 0.6) is 5.75 Å². The van der Waals surface area contributed by atoms with Gasteiger partial charge in [-0.15, -0.1) is 0 Å². The van der Waals surface area contributed by atoms with E-state index in [4.69, 9.17) is 14.3 Å². The fraction of sp³-hybridized carbons (Fsp3) is 0.176. The SMILES string of the molecule is COc1ccccc1CC(O)c1sc(NC(=O)O)nc1-c1ccco1. The molecule has 0 saturated carbocycles. The second-order valence-corrected chi connectivity index (χ2v) is 6.20. The number of aliphatic hydroxyl groups is 1. The molecule has 25 heavy (non-hydrogen) atoms. The molecule has 0 fully saturated rings. The van der Waals surface area contributed by atoms with Crippen molar-refractivity contribution in [3.63, 3.8) is 0 Å². The van der Waals surface area contributed by atoms with Crippen LogP contribution < -0.4 is 10.1 Å². The van der Waals surface area contributed by atoms with E-state index in [0.717, 1.165) is 16.9 Å². The van der Waals surface area contributed by atoms with Crippen LogP contribution in [0.25, 0.3) is 11.5 Å². The molecule has 3 aromatic rings. The van der Waals surface area contributed by atoms with Crippen molar-refractivity contribution in [3.8, 4) is 17.2 Å². The smallest absolute Gasteiger partial charge is 0.410 e. The molecule has 130 valence electrons. The maximum atomic E-state index is 10.9. The minimum Gasteiger partial charge on any atom is -0.496 e. The zero-order valence-electron chi connectivity index (χ0n) is 13.3. The van der Waals surface area contributed by atoms with E-state index in [1.165, 1.54) is 6.26 Å². The van der Waals surface area contributed by atoms with Gasteiger partial charge >= 0.3 is 6.09 Å². The number of nitrogens with zero attached hydrogens (tertiary/aromatic N) is 1. The number of anilines is 1. The maximum absolute atomic E-state index is 10.9. The van der Waals surface area contributed by atoms with E-state index in [1.807, 2.05) is 24.3 Å². The van der Waals surface area contributed by atoms with E-state index < -0.39 is 12.2 Å². The first-order chi connectivity index (χ1) is 12.1. The summed E-state index contributed by atoms with van der Waals surface area (Å²) >= 11 is 1.07. The van der Waals surface area contributed by atoms with E-state index in [9.17, 15) is 9.90 Å². The number of aromatic nitrogens is 1. The molecule has 0 aliphatic heterocycles. The van der Waals surface area contributed by atoms with Crippen LogP contribution in [-0.4, -0.2) is 28.4 Å². The summed E-state index contributed by atoms with van der Waals surface area (Å²) in [7, 11) is 1.57. The third-order valence-electron chi connectivity index (χ3n) is 3.53. The van der Waals surface area contributed by atoms with Crippen molar-refractivity contribution in [2.45, 2.75) is 12.5 Å². The van der Waals surface area contributed by atoms with Crippen molar-refractivity contribution >= 4 is 22.6 Å². The molecule has 2 aromatic heterocycles. The van der Waals surface area contributed by atoms with Gasteiger partial charge in [-0.25, -0.2) is 9.78 Å². The normalized spacial score (nSPS) is 11.9. The highest BCUT2D eigenvalue weighted by Crippen LogP contribution is 2.37. The Kier molecular flexibility index (Phi) is 5.01. The summed E-state index contributed by atoms with van der Waals surface area (Å²) in [4.78, 5) is 15.6. The van der Waals surface area contributed by atoms with E-state index in [1.54, 1.807) is 19.2 Å². The lowest BCUT2D eigenvalue weighted by atomic mass is 10.0. The summed E-state index contributed by atoms with van der Waals surface area (Å²) in [5.74, 6) is 1.14. The minimum absolute atomic E-state index is 0.174. The number of methoxy groups -OCH3 is 1. The van der Waals surface area contributed by atoms with Crippen molar-refractivity contribution in [1.29, 1.82) is 0 Å². The lowest BCUT2D eigenvalue weighted by Gasteiger charge is -2.12. The Morgan fingerprint density at radius 2 is 2.16 bits per heavy atom. The van der Waals surface area contributed by atoms with Gasteiger partial charge in [-0.05, 0) is 23.8 Å². The molecule has 1 amide bonds. The summed E-state index contributed by atoms with van der Waals surface area (Å²) in [5.41, 5.74) is 1.25. The second kappa shape index (κ2) is 7.37. The number of hydrogen-bond donors (Lipinski definition) is 3. The molecule has 1 atom stereocenters. The van der Waals surface area contributed by atoms with E-state index in [-0.39, 0.29) is 5.13 Å². The molecule has 1 unspecified atom stereocenters. The average Bonchev–Trinajstić information content (AvgIpc) is 3.24. The largest absolute Gasteiger partial charge is 0.496 e. The summed E-state index contributed by atoms with van der Waals surface area (Å²) < 4.78 is 10.7. The average molecular weight is 360 g/mol. The summed E-state index contributed by atoms with van der Waals surface area (Å²) in [6.45, 7) is 0. The second-order valence-electron chi connectivity index (χ2n) is 5.17. The van der Waals surface area contributed by atoms with Crippen LogP contribution in [0.3, 0.4) is 0 Å². The van der Waals surface area contributed by atoms with Crippen molar-refractivity contribution in [3.05, 3.63) is 53.1 Å². The zero-order valence-corrected chi connectivity index (χ0v) is 14.1. The number of thiazole rings is 1. The van der Waals surface area contributed by atoms with Gasteiger partial charge in [-0.3, -0.25) is 5.32 Å². The number of furan rings is 1. The minimum atomic E-state index is -1.22. The standard InChI is InChI=1S/C17H16N2O5S/c1-23-12-6-3-2-5-10(12)9-11(20)15-14(13-7-4-8-24-13)18-16(25-15)19-17(21)22/h2-8,11,20H,9H2,1H3,(H,18,19)(H,21,22). The van der Waals surface area contributed by atoms with E-state index in [2.05, 4.69) is 10.3 Å². The number of carbonyl (C=O) groups is 1. The molecular formula is C17H16N2O5S. The number of benzene rings is 1. The molecule has 2 heterocycles. The Labute approximate surface area is 147 Å². The maximum Gasteiger partial charge on any atom is 0.410 e. The Morgan fingerprint density at radius 1 is 1.36 bits per heavy atom. The summed E-state index contributed by atoms with van der Waals surface area (Å²) in [6, 6.07) is 10.8. The molecule has 3 N–H and O–H groups in total. The molecule has 0 radical (unpaired) electrons. The third kappa shape index (κ3) is 3.81. The van der Waals surface area contributed by atoms with Gasteiger partial charge in [-0.2, -0.15) is 0 Å². The molecular weight excluding hydrogens is 344 g/mol. The number of rotatable bonds is 6. The molecule has 0 saturated heterocycles. The fourth-order valence-corrected chi connectivity index (χ4v) is 3.41. The van der Waals surface area contributed by atoms with E-state index >= 15 is 0 Å². The van der Waals surface area contributed by atoms with Gasteiger partial charge in [0.15, 0.2) is 10.9 Å². The Balaban J connectivity index is 1.94. The van der Waals surface area contributed by atoms with Gasteiger partial charge in [0.05, 0.1) is 24.4 Å². The monoisotopic (exact) mass is 360 g/mol. The Hall–Kier alpha value is -2.84. The van der Waals surface area contributed by atoms with Crippen LogP contribution in [0.15, 0.2) is 47.1 Å². The molecule has 3 rings (SSSR count). The van der Waals surface area contributed by atoms with Gasteiger partial charge in [0.25, 0.3) is 0 Å². The van der Waals surface area contributed by atoms with Gasteiger partial charge in [0, 0.05) is 6.42 Å². The number of ether oxygens (including phenoxy) is 1. The highest BCUT2D eigenvalue weighted by molar-refractivity contribution is 7.16. The van der Waals surface area contributed by atoms with Crippen LogP contribution in [0.4, 0.5) is 9.93 Å². The molecule has 0 aliphatic rings. The van der Waals surface area contributed by atoms with Gasteiger partial charge in [0.2, 0.25) is 0 Å². The summed E-state index contributed by atoms with van der Waals surface area (Å²) in [6.07, 6.45) is -0.314. The van der Waals surface area contributed by atoms with Crippen LogP contribution >= 0.6 is 11.3 Å². The first kappa shape index (κ1) is 17.0. The number of aliphatic hydroxyl groups excluding tert-OH is 1. The fourth-order valence-electron chi connectivity index (χ4n) is 2.47. The number of hydrogen-bond acceptors (Lipinski definition) is 6. The van der Waals surface area contributed by atoms with Crippen molar-refractivity contribution < 1.29 is 24.2 Å². The van der Waals surface area contributed by atoms with Crippen LogP contribution in [0.1, 0.15) is 16.5 Å². The first-order valence-electron chi connectivity index (χ1n) is 7.43.